The molecule has 2 aromatic carbocycles. The van der Waals surface area contributed by atoms with Crippen molar-refractivity contribution in [3.63, 3.8) is 0 Å². The second-order valence-corrected chi connectivity index (χ2v) is 7.37. The molecular formula is C22H26N4O2. The number of hydrogen-bond acceptors (Lipinski definition) is 3. The Hall–Kier alpha value is -2.86. The molecule has 4 rings (SSSR count). The van der Waals surface area contributed by atoms with E-state index in [2.05, 4.69) is 29.2 Å². The van der Waals surface area contributed by atoms with Crippen LogP contribution in [0.3, 0.4) is 0 Å². The lowest BCUT2D eigenvalue weighted by molar-refractivity contribution is -0.133. The van der Waals surface area contributed by atoms with E-state index in [0.717, 1.165) is 37.1 Å². The fraction of sp³-hybridized carbons (Fsp3) is 0.364. The maximum Gasteiger partial charge on any atom is 0.329 e. The van der Waals surface area contributed by atoms with Crippen molar-refractivity contribution in [3.05, 3.63) is 70.6 Å². The fourth-order valence-corrected chi connectivity index (χ4v) is 3.90. The van der Waals surface area contributed by atoms with Crippen LogP contribution in [0.25, 0.3) is 11.0 Å². The highest BCUT2D eigenvalue weighted by molar-refractivity contribution is 5.81. The van der Waals surface area contributed by atoms with Gasteiger partial charge in [0, 0.05) is 39.8 Å². The third-order valence-electron chi connectivity index (χ3n) is 5.63. The third kappa shape index (κ3) is 3.73. The average Bonchev–Trinajstić information content (AvgIpc) is 2.98. The van der Waals surface area contributed by atoms with Gasteiger partial charge in [-0.3, -0.25) is 18.8 Å². The first kappa shape index (κ1) is 18.5. The summed E-state index contributed by atoms with van der Waals surface area (Å²) in [5.41, 5.74) is 2.86. The Balaban J connectivity index is 1.35. The highest BCUT2D eigenvalue weighted by Gasteiger charge is 2.22. The molecular weight excluding hydrogens is 352 g/mol. The summed E-state index contributed by atoms with van der Waals surface area (Å²) in [4.78, 5) is 29.6. The molecule has 0 atom stereocenters. The van der Waals surface area contributed by atoms with Gasteiger partial charge in [0.25, 0.3) is 0 Å². The van der Waals surface area contributed by atoms with Crippen molar-refractivity contribution in [2.45, 2.75) is 13.0 Å². The number of hydrogen-bond donors (Lipinski definition) is 0. The molecule has 0 unspecified atom stereocenters. The molecule has 0 saturated carbocycles. The van der Waals surface area contributed by atoms with Crippen molar-refractivity contribution in [1.82, 2.24) is 18.9 Å². The summed E-state index contributed by atoms with van der Waals surface area (Å²) in [6.45, 7) is 4.30. The number of benzene rings is 2. The van der Waals surface area contributed by atoms with Crippen LogP contribution in [0.4, 0.5) is 0 Å². The van der Waals surface area contributed by atoms with Gasteiger partial charge >= 0.3 is 5.69 Å². The van der Waals surface area contributed by atoms with Gasteiger partial charge in [-0.2, -0.15) is 0 Å². The van der Waals surface area contributed by atoms with Gasteiger partial charge in [-0.1, -0.05) is 42.5 Å². The first-order valence-corrected chi connectivity index (χ1v) is 9.82. The third-order valence-corrected chi connectivity index (χ3v) is 5.63. The fourth-order valence-electron chi connectivity index (χ4n) is 3.90. The SMILES string of the molecule is Cn1c(=O)n(CC(=O)N2CCN(CCc3ccccc3)CC2)c2ccccc21. The second-order valence-electron chi connectivity index (χ2n) is 7.37. The van der Waals surface area contributed by atoms with Crippen LogP contribution < -0.4 is 5.69 Å². The molecule has 146 valence electrons. The van der Waals surface area contributed by atoms with Crippen LogP contribution in [-0.4, -0.2) is 57.6 Å². The van der Waals surface area contributed by atoms with E-state index in [4.69, 9.17) is 0 Å². The molecule has 1 aromatic heterocycles. The van der Waals surface area contributed by atoms with Crippen molar-refractivity contribution in [2.24, 2.45) is 7.05 Å². The minimum absolute atomic E-state index is 0.0150. The van der Waals surface area contributed by atoms with Crippen LogP contribution in [0.1, 0.15) is 5.56 Å². The molecule has 3 aromatic rings. The molecule has 1 fully saturated rings. The quantitative estimate of drug-likeness (QED) is 0.679. The molecule has 2 heterocycles. The van der Waals surface area contributed by atoms with Gasteiger partial charge < -0.3 is 4.90 Å². The van der Waals surface area contributed by atoms with E-state index in [9.17, 15) is 9.59 Å². The largest absolute Gasteiger partial charge is 0.339 e. The predicted molar refractivity (Wildman–Crippen MR) is 110 cm³/mol. The van der Waals surface area contributed by atoms with Gasteiger partial charge in [0.15, 0.2) is 0 Å². The number of imidazole rings is 1. The number of piperazine rings is 1. The second kappa shape index (κ2) is 8.02. The van der Waals surface area contributed by atoms with Crippen molar-refractivity contribution < 1.29 is 4.79 Å². The summed E-state index contributed by atoms with van der Waals surface area (Å²) in [7, 11) is 1.75. The Kier molecular flexibility index (Phi) is 5.30. The average molecular weight is 378 g/mol. The summed E-state index contributed by atoms with van der Waals surface area (Å²) < 4.78 is 3.18. The lowest BCUT2D eigenvalue weighted by Crippen LogP contribution is -2.50. The molecule has 1 aliphatic heterocycles. The molecule has 6 heteroatoms. The Labute approximate surface area is 164 Å². The summed E-state index contributed by atoms with van der Waals surface area (Å²) >= 11 is 0. The first-order chi connectivity index (χ1) is 13.6. The number of aryl methyl sites for hydroxylation is 1. The van der Waals surface area contributed by atoms with Crippen LogP contribution in [0.2, 0.25) is 0 Å². The molecule has 1 amide bonds. The number of aromatic nitrogens is 2. The number of rotatable bonds is 5. The maximum atomic E-state index is 12.8. The Morgan fingerprint density at radius 2 is 1.54 bits per heavy atom. The van der Waals surface area contributed by atoms with Crippen LogP contribution in [-0.2, 0) is 24.8 Å². The van der Waals surface area contributed by atoms with E-state index in [-0.39, 0.29) is 18.1 Å². The molecule has 0 bridgehead atoms. The van der Waals surface area contributed by atoms with E-state index < -0.39 is 0 Å². The van der Waals surface area contributed by atoms with Crippen molar-refractivity contribution in [2.75, 3.05) is 32.7 Å². The predicted octanol–water partition coefficient (Wildman–Crippen LogP) is 1.73. The van der Waals surface area contributed by atoms with Gasteiger partial charge in [0.05, 0.1) is 11.0 Å². The van der Waals surface area contributed by atoms with Gasteiger partial charge in [0.2, 0.25) is 5.91 Å². The minimum Gasteiger partial charge on any atom is -0.339 e. The van der Waals surface area contributed by atoms with Crippen molar-refractivity contribution in [3.8, 4) is 0 Å². The Bertz CT molecular complexity index is 1010. The monoisotopic (exact) mass is 378 g/mol. The molecule has 0 spiro atoms. The lowest BCUT2D eigenvalue weighted by atomic mass is 10.1. The standard InChI is InChI=1S/C22H26N4O2/c1-23-19-9-5-6-10-20(19)26(22(23)28)17-21(27)25-15-13-24(14-16-25)12-11-18-7-3-2-4-8-18/h2-10H,11-17H2,1H3. The van der Waals surface area contributed by atoms with Gasteiger partial charge in [0.1, 0.15) is 6.54 Å². The van der Waals surface area contributed by atoms with Gasteiger partial charge in [-0.25, -0.2) is 4.79 Å². The maximum absolute atomic E-state index is 12.8. The molecule has 6 nitrogen and oxygen atoms in total. The number of carbonyl (C=O) groups excluding carboxylic acids is 1. The van der Waals surface area contributed by atoms with E-state index >= 15 is 0 Å². The smallest absolute Gasteiger partial charge is 0.329 e. The number of amides is 1. The lowest BCUT2D eigenvalue weighted by Gasteiger charge is -2.34. The zero-order valence-corrected chi connectivity index (χ0v) is 16.3. The van der Waals surface area contributed by atoms with Crippen molar-refractivity contribution >= 4 is 16.9 Å². The molecule has 1 aliphatic rings. The number of fused-ring (bicyclic) bond motifs is 1. The van der Waals surface area contributed by atoms with Gasteiger partial charge in [-0.05, 0) is 24.1 Å². The minimum atomic E-state index is -0.143. The van der Waals surface area contributed by atoms with E-state index in [1.807, 2.05) is 35.2 Å². The van der Waals surface area contributed by atoms with Crippen LogP contribution >= 0.6 is 0 Å². The summed E-state index contributed by atoms with van der Waals surface area (Å²) in [5.74, 6) is 0.0150. The van der Waals surface area contributed by atoms with E-state index in [1.165, 1.54) is 5.56 Å². The zero-order chi connectivity index (χ0) is 19.5. The number of nitrogens with zero attached hydrogens (tertiary/aromatic N) is 4. The first-order valence-electron chi connectivity index (χ1n) is 9.82. The zero-order valence-electron chi connectivity index (χ0n) is 16.3. The summed E-state index contributed by atoms with van der Waals surface area (Å²) in [6, 6.07) is 18.1. The molecule has 0 N–H and O–H groups in total. The summed E-state index contributed by atoms with van der Waals surface area (Å²) in [5, 5.41) is 0. The Morgan fingerprint density at radius 1 is 0.893 bits per heavy atom. The van der Waals surface area contributed by atoms with E-state index in [1.54, 1.807) is 16.2 Å². The molecule has 0 radical (unpaired) electrons. The number of carbonyl (C=O) groups is 1. The number of para-hydroxylation sites is 2. The van der Waals surface area contributed by atoms with E-state index in [0.29, 0.717) is 13.1 Å². The topological polar surface area (TPSA) is 50.5 Å². The highest BCUT2D eigenvalue weighted by atomic mass is 16.2. The molecule has 28 heavy (non-hydrogen) atoms. The van der Waals surface area contributed by atoms with Gasteiger partial charge in [-0.15, -0.1) is 0 Å². The van der Waals surface area contributed by atoms with Crippen molar-refractivity contribution in [1.29, 1.82) is 0 Å². The normalized spacial score (nSPS) is 15.2. The Morgan fingerprint density at radius 3 is 2.25 bits per heavy atom. The molecule has 1 saturated heterocycles. The van der Waals surface area contributed by atoms with Crippen LogP contribution in [0.5, 0.6) is 0 Å². The summed E-state index contributed by atoms with van der Waals surface area (Å²) in [6.07, 6.45) is 1.03. The molecule has 0 aliphatic carbocycles. The van der Waals surface area contributed by atoms with Crippen LogP contribution in [0.15, 0.2) is 59.4 Å². The van der Waals surface area contributed by atoms with Crippen LogP contribution in [0, 0.1) is 0 Å². The highest BCUT2D eigenvalue weighted by Crippen LogP contribution is 2.12.